The van der Waals surface area contributed by atoms with Crippen molar-refractivity contribution in [1.29, 1.82) is 0 Å². The van der Waals surface area contributed by atoms with Crippen LogP contribution < -0.4 is 0 Å². The lowest BCUT2D eigenvalue weighted by atomic mass is 9.69. The maximum atomic E-state index is 4.10. The van der Waals surface area contributed by atoms with Gasteiger partial charge in [0.1, 0.15) is 0 Å². The predicted octanol–water partition coefficient (Wildman–Crippen LogP) is 4.28. The average Bonchev–Trinajstić information content (AvgIpc) is 2.95. The molecular formula is C15H22S. The number of rotatable bonds is 3. The molecule has 6 unspecified atom stereocenters. The molecule has 1 aliphatic heterocycles. The summed E-state index contributed by atoms with van der Waals surface area (Å²) in [6.45, 7) is 6.45. The third-order valence-corrected chi connectivity index (χ3v) is 6.43. The van der Waals surface area contributed by atoms with Crippen LogP contribution in [0.15, 0.2) is 24.8 Å². The van der Waals surface area contributed by atoms with Crippen LogP contribution >= 0.6 is 11.8 Å². The summed E-state index contributed by atoms with van der Waals surface area (Å²) in [6.07, 6.45) is 12.8. The lowest BCUT2D eigenvalue weighted by molar-refractivity contribution is 0.200. The first-order valence-electron chi connectivity index (χ1n) is 6.79. The predicted molar refractivity (Wildman–Crippen MR) is 72.6 cm³/mol. The molecule has 3 rings (SSSR count). The normalized spacial score (nSPS) is 50.1. The highest BCUT2D eigenvalue weighted by Gasteiger charge is 2.51. The Hall–Kier alpha value is -0.170. The van der Waals surface area contributed by atoms with Crippen molar-refractivity contribution in [3.63, 3.8) is 0 Å². The summed E-state index contributed by atoms with van der Waals surface area (Å²) in [5.41, 5.74) is 0. The Kier molecular flexibility index (Phi) is 2.91. The van der Waals surface area contributed by atoms with Gasteiger partial charge in [-0.2, -0.15) is 11.8 Å². The van der Waals surface area contributed by atoms with Crippen LogP contribution in [0.5, 0.6) is 0 Å². The Morgan fingerprint density at radius 3 is 3.06 bits per heavy atom. The molecule has 0 aromatic carbocycles. The molecule has 1 saturated heterocycles. The quantitative estimate of drug-likeness (QED) is 0.518. The van der Waals surface area contributed by atoms with E-state index in [1.54, 1.807) is 0 Å². The van der Waals surface area contributed by atoms with Crippen LogP contribution in [0, 0.1) is 23.7 Å². The standard InChI is InChI=1S/C15H22S/c1-3-10-6-5-7-12(10)13-8-9-14-15(16-14)11(13)4-2/h4-5,7,10-15H,2-3,6,8-9H2,1H3. The Bertz CT molecular complexity index is 307. The molecule has 16 heavy (non-hydrogen) atoms. The van der Waals surface area contributed by atoms with Crippen molar-refractivity contribution in [2.24, 2.45) is 23.7 Å². The van der Waals surface area contributed by atoms with Crippen LogP contribution in [-0.2, 0) is 0 Å². The number of fused-ring (bicyclic) bond motifs is 1. The molecule has 88 valence electrons. The van der Waals surface area contributed by atoms with Crippen molar-refractivity contribution in [2.45, 2.75) is 43.1 Å². The van der Waals surface area contributed by atoms with Gasteiger partial charge < -0.3 is 0 Å². The van der Waals surface area contributed by atoms with Crippen molar-refractivity contribution in [3.8, 4) is 0 Å². The van der Waals surface area contributed by atoms with Gasteiger partial charge in [-0.15, -0.1) is 6.58 Å². The van der Waals surface area contributed by atoms with E-state index in [1.807, 2.05) is 0 Å². The molecule has 0 amide bonds. The summed E-state index contributed by atoms with van der Waals surface area (Å²) in [5.74, 6) is 3.48. The number of allylic oxidation sites excluding steroid dienone is 3. The summed E-state index contributed by atoms with van der Waals surface area (Å²) in [5, 5.41) is 1.92. The first-order chi connectivity index (χ1) is 7.85. The monoisotopic (exact) mass is 234 g/mol. The van der Waals surface area contributed by atoms with Gasteiger partial charge in [-0.1, -0.05) is 31.6 Å². The Morgan fingerprint density at radius 2 is 2.31 bits per heavy atom. The fraction of sp³-hybridized carbons (Fsp3) is 0.733. The minimum absolute atomic E-state index is 0.797. The molecule has 6 atom stereocenters. The average molecular weight is 234 g/mol. The molecule has 1 heteroatoms. The fourth-order valence-corrected chi connectivity index (χ4v) is 5.33. The second kappa shape index (κ2) is 4.25. The van der Waals surface area contributed by atoms with Crippen LogP contribution in [-0.4, -0.2) is 10.5 Å². The summed E-state index contributed by atoms with van der Waals surface area (Å²) in [6, 6.07) is 0. The summed E-state index contributed by atoms with van der Waals surface area (Å²) in [7, 11) is 0. The molecule has 0 bridgehead atoms. The second-order valence-electron chi connectivity index (χ2n) is 5.60. The van der Waals surface area contributed by atoms with Gasteiger partial charge in [0.05, 0.1) is 0 Å². The van der Waals surface area contributed by atoms with Crippen LogP contribution in [0.2, 0.25) is 0 Å². The zero-order chi connectivity index (χ0) is 11.1. The van der Waals surface area contributed by atoms with Crippen molar-refractivity contribution >= 4 is 11.8 Å². The smallest absolute Gasteiger partial charge is 0.0235 e. The van der Waals surface area contributed by atoms with Gasteiger partial charge in [-0.3, -0.25) is 0 Å². The van der Waals surface area contributed by atoms with Crippen LogP contribution in [0.4, 0.5) is 0 Å². The Morgan fingerprint density at radius 1 is 1.44 bits per heavy atom. The SMILES string of the molecule is C=CC1C(C2C=CCC2CC)CCC2SC21. The molecule has 3 aliphatic rings. The lowest BCUT2D eigenvalue weighted by Gasteiger charge is -2.35. The number of hydrogen-bond donors (Lipinski definition) is 0. The molecule has 0 spiro atoms. The van der Waals surface area contributed by atoms with Gasteiger partial charge in [0.15, 0.2) is 0 Å². The van der Waals surface area contributed by atoms with Crippen molar-refractivity contribution < 1.29 is 0 Å². The minimum atomic E-state index is 0.797. The maximum Gasteiger partial charge on any atom is 0.0235 e. The third kappa shape index (κ3) is 1.68. The van der Waals surface area contributed by atoms with E-state index in [-0.39, 0.29) is 0 Å². The fourth-order valence-electron chi connectivity index (χ4n) is 3.93. The van der Waals surface area contributed by atoms with Gasteiger partial charge in [0.2, 0.25) is 0 Å². The molecule has 0 aromatic heterocycles. The van der Waals surface area contributed by atoms with E-state index in [1.165, 1.54) is 25.7 Å². The first-order valence-corrected chi connectivity index (χ1v) is 7.74. The highest BCUT2D eigenvalue weighted by Crippen LogP contribution is 2.58. The highest BCUT2D eigenvalue weighted by molar-refractivity contribution is 8.07. The van der Waals surface area contributed by atoms with Crippen LogP contribution in [0.25, 0.3) is 0 Å². The van der Waals surface area contributed by atoms with Crippen molar-refractivity contribution in [2.75, 3.05) is 0 Å². The number of thioether (sulfide) groups is 1. The van der Waals surface area contributed by atoms with E-state index in [0.717, 1.165) is 34.2 Å². The zero-order valence-corrected chi connectivity index (χ0v) is 11.0. The van der Waals surface area contributed by atoms with E-state index in [2.05, 4.69) is 43.5 Å². The van der Waals surface area contributed by atoms with Gasteiger partial charge in [0.25, 0.3) is 0 Å². The molecule has 1 heterocycles. The van der Waals surface area contributed by atoms with Gasteiger partial charge >= 0.3 is 0 Å². The van der Waals surface area contributed by atoms with Gasteiger partial charge in [-0.25, -0.2) is 0 Å². The molecule has 0 nitrogen and oxygen atoms in total. The van der Waals surface area contributed by atoms with Crippen LogP contribution in [0.3, 0.4) is 0 Å². The summed E-state index contributed by atoms with van der Waals surface area (Å²) >= 11 is 2.21. The summed E-state index contributed by atoms with van der Waals surface area (Å²) < 4.78 is 0. The molecule has 2 fully saturated rings. The summed E-state index contributed by atoms with van der Waals surface area (Å²) in [4.78, 5) is 0. The topological polar surface area (TPSA) is 0 Å². The van der Waals surface area contributed by atoms with E-state index in [9.17, 15) is 0 Å². The molecule has 0 aromatic rings. The zero-order valence-electron chi connectivity index (χ0n) is 10.1. The molecule has 0 radical (unpaired) electrons. The van der Waals surface area contributed by atoms with E-state index in [0.29, 0.717) is 0 Å². The van der Waals surface area contributed by atoms with E-state index >= 15 is 0 Å². The molecule has 0 N–H and O–H groups in total. The molecule has 2 aliphatic carbocycles. The lowest BCUT2D eigenvalue weighted by Crippen LogP contribution is -2.32. The van der Waals surface area contributed by atoms with E-state index in [4.69, 9.17) is 0 Å². The number of hydrogen-bond acceptors (Lipinski definition) is 1. The molecule has 1 saturated carbocycles. The van der Waals surface area contributed by atoms with Crippen LogP contribution in [0.1, 0.15) is 32.6 Å². The highest BCUT2D eigenvalue weighted by atomic mass is 32.2. The largest absolute Gasteiger partial charge is 0.152 e. The van der Waals surface area contributed by atoms with Gasteiger partial charge in [0, 0.05) is 10.5 Å². The van der Waals surface area contributed by atoms with Gasteiger partial charge in [-0.05, 0) is 42.9 Å². The molecular weight excluding hydrogens is 212 g/mol. The third-order valence-electron chi connectivity index (χ3n) is 4.91. The minimum Gasteiger partial charge on any atom is -0.152 e. The Balaban J connectivity index is 1.76. The van der Waals surface area contributed by atoms with Crippen molar-refractivity contribution in [3.05, 3.63) is 24.8 Å². The maximum absolute atomic E-state index is 4.10. The Labute approximate surface area is 104 Å². The van der Waals surface area contributed by atoms with Crippen molar-refractivity contribution in [1.82, 2.24) is 0 Å². The van der Waals surface area contributed by atoms with E-state index < -0.39 is 0 Å². The second-order valence-corrected chi connectivity index (χ2v) is 7.02. The first kappa shape index (κ1) is 11.0.